The molecule has 4 N–H and O–H groups in total. The fourth-order valence-electron chi connectivity index (χ4n) is 3.52. The van der Waals surface area contributed by atoms with Gasteiger partial charge in [0.25, 0.3) is 0 Å². The highest BCUT2D eigenvalue weighted by atomic mass is 19.1. The number of nitrogens with zero attached hydrogens (tertiary/aromatic N) is 3. The van der Waals surface area contributed by atoms with Crippen molar-refractivity contribution in [3.05, 3.63) is 54.1 Å². The molecule has 30 heavy (non-hydrogen) atoms. The molecule has 1 aliphatic heterocycles. The van der Waals surface area contributed by atoms with Crippen molar-refractivity contribution in [2.75, 3.05) is 30.3 Å². The number of aromatic nitrogens is 4. The lowest BCUT2D eigenvalue weighted by molar-refractivity contribution is 0.321. The number of aromatic amines is 1. The molecule has 4 heterocycles. The highest BCUT2D eigenvalue weighted by molar-refractivity contribution is 5.83. The maximum atomic E-state index is 13.4. The van der Waals surface area contributed by atoms with Crippen LogP contribution in [0.4, 0.5) is 16.0 Å². The van der Waals surface area contributed by atoms with Crippen LogP contribution in [0.25, 0.3) is 22.3 Å². The zero-order valence-electron chi connectivity index (χ0n) is 15.9. The van der Waals surface area contributed by atoms with Crippen LogP contribution in [-0.4, -0.2) is 44.7 Å². The number of halogens is 1. The second-order valence-corrected chi connectivity index (χ2v) is 6.90. The number of benzene rings is 1. The lowest BCUT2D eigenvalue weighted by atomic mass is 10.1. The molecule has 1 aliphatic rings. The quantitative estimate of drug-likeness (QED) is 0.403. The highest BCUT2D eigenvalue weighted by Crippen LogP contribution is 2.36. The molecule has 0 saturated heterocycles. The van der Waals surface area contributed by atoms with E-state index in [4.69, 9.17) is 4.74 Å². The van der Waals surface area contributed by atoms with Crippen molar-refractivity contribution in [1.82, 2.24) is 19.9 Å². The second-order valence-electron chi connectivity index (χ2n) is 6.90. The van der Waals surface area contributed by atoms with Crippen LogP contribution in [0.15, 0.2) is 42.7 Å². The predicted octanol–water partition coefficient (Wildman–Crippen LogP) is 3.32. The third-order valence-electron chi connectivity index (χ3n) is 4.95. The van der Waals surface area contributed by atoms with Gasteiger partial charge in [-0.2, -0.15) is 0 Å². The summed E-state index contributed by atoms with van der Waals surface area (Å²) in [5.41, 5.74) is 2.28. The van der Waals surface area contributed by atoms with Crippen molar-refractivity contribution in [2.45, 2.75) is 6.42 Å². The van der Waals surface area contributed by atoms with Crippen molar-refractivity contribution >= 4 is 22.5 Å². The molecule has 0 saturated carbocycles. The fraction of sp³-hybridized carbons (Fsp3) is 0.190. The Morgan fingerprint density at radius 2 is 2.17 bits per heavy atom. The molecule has 0 spiro atoms. The Morgan fingerprint density at radius 1 is 1.23 bits per heavy atom. The number of hydrogen-bond acceptors (Lipinski definition) is 7. The van der Waals surface area contributed by atoms with E-state index in [-0.39, 0.29) is 11.7 Å². The van der Waals surface area contributed by atoms with Gasteiger partial charge in [0.05, 0.1) is 12.1 Å². The van der Waals surface area contributed by atoms with Gasteiger partial charge in [-0.3, -0.25) is 0 Å². The summed E-state index contributed by atoms with van der Waals surface area (Å²) >= 11 is 0. The maximum absolute atomic E-state index is 13.4. The van der Waals surface area contributed by atoms with E-state index in [0.717, 1.165) is 16.5 Å². The van der Waals surface area contributed by atoms with Gasteiger partial charge in [-0.1, -0.05) is 0 Å². The van der Waals surface area contributed by atoms with Gasteiger partial charge in [-0.15, -0.1) is 0 Å². The van der Waals surface area contributed by atoms with Gasteiger partial charge in [0.2, 0.25) is 11.6 Å². The Kier molecular flexibility index (Phi) is 4.55. The summed E-state index contributed by atoms with van der Waals surface area (Å²) in [5, 5.41) is 17.6. The topological polar surface area (TPSA) is 108 Å². The van der Waals surface area contributed by atoms with Gasteiger partial charge in [0.15, 0.2) is 17.5 Å². The summed E-state index contributed by atoms with van der Waals surface area (Å²) in [6.45, 7) is 1.72. The molecule has 0 amide bonds. The first-order valence-corrected chi connectivity index (χ1v) is 9.61. The monoisotopic (exact) mass is 406 g/mol. The summed E-state index contributed by atoms with van der Waals surface area (Å²) < 4.78 is 19.2. The lowest BCUT2D eigenvalue weighted by Crippen LogP contribution is -2.21. The SMILES string of the molecule is Oc1ncccc1-c1nc2c(c(NCCc3c[nH]c4cc(F)ccc34)n1)OCCN2. The number of anilines is 2. The average Bonchev–Trinajstić information content (AvgIpc) is 3.16. The third-order valence-corrected chi connectivity index (χ3v) is 4.95. The highest BCUT2D eigenvalue weighted by Gasteiger charge is 2.21. The van der Waals surface area contributed by atoms with Gasteiger partial charge >= 0.3 is 0 Å². The molecule has 4 aromatic rings. The van der Waals surface area contributed by atoms with E-state index in [9.17, 15) is 9.50 Å². The molecular weight excluding hydrogens is 387 g/mol. The van der Waals surface area contributed by atoms with Gasteiger partial charge in [-0.05, 0) is 42.3 Å². The van der Waals surface area contributed by atoms with E-state index in [1.165, 1.54) is 18.3 Å². The van der Waals surface area contributed by atoms with Crippen LogP contribution in [0, 0.1) is 5.82 Å². The molecule has 0 aliphatic carbocycles. The van der Waals surface area contributed by atoms with E-state index in [1.54, 1.807) is 18.2 Å². The molecule has 0 fully saturated rings. The minimum atomic E-state index is -0.266. The molecule has 0 unspecified atom stereocenters. The Hall–Kier alpha value is -3.88. The lowest BCUT2D eigenvalue weighted by Gasteiger charge is -2.21. The second kappa shape index (κ2) is 7.51. The van der Waals surface area contributed by atoms with E-state index in [0.29, 0.717) is 54.9 Å². The molecule has 152 valence electrons. The first kappa shape index (κ1) is 18.2. The van der Waals surface area contributed by atoms with Crippen LogP contribution < -0.4 is 15.4 Å². The smallest absolute Gasteiger partial charge is 0.222 e. The average molecular weight is 406 g/mol. The predicted molar refractivity (Wildman–Crippen MR) is 111 cm³/mol. The van der Waals surface area contributed by atoms with Gasteiger partial charge in [0.1, 0.15) is 12.4 Å². The van der Waals surface area contributed by atoms with E-state index < -0.39 is 0 Å². The third kappa shape index (κ3) is 3.34. The number of rotatable bonds is 5. The van der Waals surface area contributed by atoms with Crippen molar-refractivity contribution in [1.29, 1.82) is 0 Å². The molecule has 5 rings (SSSR count). The zero-order valence-corrected chi connectivity index (χ0v) is 15.9. The molecule has 0 radical (unpaired) electrons. The number of nitrogens with one attached hydrogen (secondary N) is 3. The summed E-state index contributed by atoms with van der Waals surface area (Å²) in [7, 11) is 0. The van der Waals surface area contributed by atoms with Crippen molar-refractivity contribution in [2.24, 2.45) is 0 Å². The van der Waals surface area contributed by atoms with Crippen molar-refractivity contribution < 1.29 is 14.2 Å². The Balaban J connectivity index is 1.41. The van der Waals surface area contributed by atoms with Gasteiger partial charge < -0.3 is 25.5 Å². The molecule has 0 atom stereocenters. The van der Waals surface area contributed by atoms with Crippen LogP contribution >= 0.6 is 0 Å². The van der Waals surface area contributed by atoms with Crippen LogP contribution in [0.1, 0.15) is 5.56 Å². The molecule has 9 heteroatoms. The number of ether oxygens (including phenoxy) is 1. The zero-order chi connectivity index (χ0) is 20.5. The summed E-state index contributed by atoms with van der Waals surface area (Å²) in [6, 6.07) is 8.15. The van der Waals surface area contributed by atoms with E-state index in [1.807, 2.05) is 6.20 Å². The molecular formula is C21H19FN6O2. The first-order valence-electron chi connectivity index (χ1n) is 9.61. The Morgan fingerprint density at radius 3 is 3.07 bits per heavy atom. The van der Waals surface area contributed by atoms with Crippen molar-refractivity contribution in [3.8, 4) is 23.0 Å². The Labute approximate surface area is 171 Å². The number of H-pyrrole nitrogens is 1. The van der Waals surface area contributed by atoms with Gasteiger partial charge in [-0.25, -0.2) is 19.3 Å². The van der Waals surface area contributed by atoms with Gasteiger partial charge in [0, 0.05) is 29.8 Å². The summed E-state index contributed by atoms with van der Waals surface area (Å²) in [5.74, 6) is 1.61. The maximum Gasteiger partial charge on any atom is 0.222 e. The molecule has 3 aromatic heterocycles. The molecule has 8 nitrogen and oxygen atoms in total. The van der Waals surface area contributed by atoms with Crippen molar-refractivity contribution in [3.63, 3.8) is 0 Å². The molecule has 0 bridgehead atoms. The van der Waals surface area contributed by atoms with Crippen LogP contribution in [0.5, 0.6) is 11.6 Å². The van der Waals surface area contributed by atoms with Crippen LogP contribution in [0.3, 0.4) is 0 Å². The number of fused-ring (bicyclic) bond motifs is 2. The van der Waals surface area contributed by atoms with Crippen LogP contribution in [-0.2, 0) is 6.42 Å². The number of hydrogen-bond donors (Lipinski definition) is 4. The minimum Gasteiger partial charge on any atom is -0.493 e. The normalized spacial score (nSPS) is 12.8. The molecule has 1 aromatic carbocycles. The Bertz CT molecular complexity index is 1230. The largest absolute Gasteiger partial charge is 0.493 e. The summed E-state index contributed by atoms with van der Waals surface area (Å²) in [6.07, 6.45) is 4.09. The van der Waals surface area contributed by atoms with E-state index >= 15 is 0 Å². The first-order chi connectivity index (χ1) is 14.7. The fourth-order valence-corrected chi connectivity index (χ4v) is 3.52. The minimum absolute atomic E-state index is 0.133. The van der Waals surface area contributed by atoms with Crippen LogP contribution in [0.2, 0.25) is 0 Å². The summed E-state index contributed by atoms with van der Waals surface area (Å²) in [4.78, 5) is 16.1. The number of pyridine rings is 1. The van der Waals surface area contributed by atoms with E-state index in [2.05, 4.69) is 30.6 Å². The number of aromatic hydroxyl groups is 1. The standard InChI is InChI=1S/C21H19FN6O2/c22-13-3-4-14-12(11-26-16(14)10-13)5-7-23-19-17-20(24-8-9-30-17)28-18(27-19)15-2-1-6-25-21(15)29/h1-4,6,10-11,26H,5,7-9H2,(H,25,29)(H2,23,24,27,28).